The Hall–Kier alpha value is -1.46. The zero-order chi connectivity index (χ0) is 12.3. The van der Waals surface area contributed by atoms with Crippen molar-refractivity contribution in [3.63, 3.8) is 0 Å². The van der Waals surface area contributed by atoms with Gasteiger partial charge in [0.05, 0.1) is 5.69 Å². The molecule has 17 heavy (non-hydrogen) atoms. The summed E-state index contributed by atoms with van der Waals surface area (Å²) in [5.41, 5.74) is 6.23. The minimum Gasteiger partial charge on any atom is -0.325 e. The highest BCUT2D eigenvalue weighted by atomic mass is 32.2. The van der Waals surface area contributed by atoms with Crippen molar-refractivity contribution >= 4 is 11.8 Å². The second-order valence-electron chi connectivity index (χ2n) is 3.33. The molecule has 1 heterocycles. The molecular formula is C12H10F2N2S. The lowest BCUT2D eigenvalue weighted by atomic mass is 10.3. The van der Waals surface area contributed by atoms with Crippen molar-refractivity contribution in [2.45, 2.75) is 16.3 Å². The number of aromatic nitrogens is 1. The summed E-state index contributed by atoms with van der Waals surface area (Å²) >= 11 is 1.19. The topological polar surface area (TPSA) is 38.9 Å². The predicted molar refractivity (Wildman–Crippen MR) is 62.6 cm³/mol. The molecule has 0 atom stereocenters. The van der Waals surface area contributed by atoms with Gasteiger partial charge in [0, 0.05) is 28.6 Å². The van der Waals surface area contributed by atoms with E-state index in [-0.39, 0.29) is 6.54 Å². The molecular weight excluding hydrogens is 242 g/mol. The number of nitrogens with two attached hydrogens (primary N) is 1. The summed E-state index contributed by atoms with van der Waals surface area (Å²) in [6.07, 6.45) is 1.63. The molecule has 0 spiro atoms. The van der Waals surface area contributed by atoms with Crippen LogP contribution in [0.15, 0.2) is 46.3 Å². The molecule has 1 aromatic carbocycles. The number of nitrogens with zero attached hydrogens (tertiary/aromatic N) is 1. The summed E-state index contributed by atoms with van der Waals surface area (Å²) in [7, 11) is 0. The molecule has 0 aliphatic carbocycles. The van der Waals surface area contributed by atoms with Crippen molar-refractivity contribution in [1.29, 1.82) is 0 Å². The summed E-state index contributed by atoms with van der Waals surface area (Å²) in [5, 5.41) is 0. The molecule has 0 fully saturated rings. The predicted octanol–water partition coefficient (Wildman–Crippen LogP) is 2.97. The van der Waals surface area contributed by atoms with Crippen LogP contribution in [-0.4, -0.2) is 4.98 Å². The number of hydrogen-bond acceptors (Lipinski definition) is 3. The van der Waals surface area contributed by atoms with Crippen LogP contribution in [0.2, 0.25) is 0 Å². The summed E-state index contributed by atoms with van der Waals surface area (Å²) in [4.78, 5) is 5.23. The van der Waals surface area contributed by atoms with E-state index in [4.69, 9.17) is 5.73 Å². The van der Waals surface area contributed by atoms with E-state index in [9.17, 15) is 8.78 Å². The third-order valence-corrected chi connectivity index (χ3v) is 3.30. The Kier molecular flexibility index (Phi) is 3.71. The zero-order valence-electron chi connectivity index (χ0n) is 8.86. The first-order chi connectivity index (χ1) is 8.20. The second-order valence-corrected chi connectivity index (χ2v) is 4.41. The molecule has 0 saturated heterocycles. The number of hydrogen-bond donors (Lipinski definition) is 1. The lowest BCUT2D eigenvalue weighted by Crippen LogP contribution is -2.01. The van der Waals surface area contributed by atoms with Gasteiger partial charge in [-0.2, -0.15) is 0 Å². The van der Waals surface area contributed by atoms with Crippen LogP contribution in [0.5, 0.6) is 0 Å². The Bertz CT molecular complexity index is 532. The van der Waals surface area contributed by atoms with Crippen molar-refractivity contribution < 1.29 is 8.78 Å². The van der Waals surface area contributed by atoms with Crippen molar-refractivity contribution in [2.75, 3.05) is 0 Å². The van der Waals surface area contributed by atoms with Crippen molar-refractivity contribution in [3.05, 3.63) is 53.9 Å². The summed E-state index contributed by atoms with van der Waals surface area (Å²) in [6, 6.07) is 7.05. The smallest absolute Gasteiger partial charge is 0.140 e. The van der Waals surface area contributed by atoms with E-state index in [1.807, 2.05) is 6.07 Å². The molecule has 0 amide bonds. The number of pyridine rings is 1. The molecule has 0 aliphatic heterocycles. The molecule has 0 radical (unpaired) electrons. The van der Waals surface area contributed by atoms with Crippen LogP contribution in [0.1, 0.15) is 5.69 Å². The van der Waals surface area contributed by atoms with Gasteiger partial charge in [0.1, 0.15) is 11.6 Å². The summed E-state index contributed by atoms with van der Waals surface area (Å²) in [5.74, 6) is -1.17. The van der Waals surface area contributed by atoms with Gasteiger partial charge in [-0.3, -0.25) is 4.98 Å². The number of benzene rings is 1. The van der Waals surface area contributed by atoms with E-state index < -0.39 is 11.6 Å². The van der Waals surface area contributed by atoms with Gasteiger partial charge in [-0.15, -0.1) is 0 Å². The largest absolute Gasteiger partial charge is 0.325 e. The molecule has 5 heteroatoms. The fourth-order valence-electron chi connectivity index (χ4n) is 1.35. The Morgan fingerprint density at radius 1 is 1.18 bits per heavy atom. The average Bonchev–Trinajstić information content (AvgIpc) is 2.33. The van der Waals surface area contributed by atoms with Gasteiger partial charge in [0.15, 0.2) is 0 Å². The van der Waals surface area contributed by atoms with E-state index in [1.54, 1.807) is 12.3 Å². The van der Waals surface area contributed by atoms with Crippen LogP contribution >= 0.6 is 11.8 Å². The van der Waals surface area contributed by atoms with Crippen LogP contribution < -0.4 is 5.73 Å². The van der Waals surface area contributed by atoms with Gasteiger partial charge in [0.25, 0.3) is 0 Å². The normalized spacial score (nSPS) is 10.5. The van der Waals surface area contributed by atoms with E-state index in [1.165, 1.54) is 23.9 Å². The minimum absolute atomic E-state index is 0.284. The molecule has 2 aromatic rings. The first-order valence-corrected chi connectivity index (χ1v) is 5.79. The molecule has 0 saturated carbocycles. The Morgan fingerprint density at radius 2 is 2.00 bits per heavy atom. The quantitative estimate of drug-likeness (QED) is 0.912. The number of rotatable bonds is 3. The fourth-order valence-corrected chi connectivity index (χ4v) is 2.28. The highest BCUT2D eigenvalue weighted by molar-refractivity contribution is 7.99. The molecule has 2 nitrogen and oxygen atoms in total. The van der Waals surface area contributed by atoms with Gasteiger partial charge in [-0.25, -0.2) is 8.78 Å². The van der Waals surface area contributed by atoms with Crippen molar-refractivity contribution in [2.24, 2.45) is 5.73 Å². The Morgan fingerprint density at radius 3 is 2.71 bits per heavy atom. The highest BCUT2D eigenvalue weighted by Crippen LogP contribution is 2.31. The van der Waals surface area contributed by atoms with Gasteiger partial charge >= 0.3 is 0 Å². The van der Waals surface area contributed by atoms with Crippen LogP contribution in [0, 0.1) is 11.6 Å². The molecule has 0 bridgehead atoms. The van der Waals surface area contributed by atoms with Crippen LogP contribution in [0.3, 0.4) is 0 Å². The molecule has 1 aromatic heterocycles. The molecule has 88 valence electrons. The van der Waals surface area contributed by atoms with Crippen molar-refractivity contribution in [1.82, 2.24) is 4.98 Å². The second kappa shape index (κ2) is 5.25. The van der Waals surface area contributed by atoms with Gasteiger partial charge in [-0.05, 0) is 24.3 Å². The third-order valence-electron chi connectivity index (χ3n) is 2.16. The zero-order valence-corrected chi connectivity index (χ0v) is 9.68. The first kappa shape index (κ1) is 12.0. The standard InChI is InChI=1S/C12H10F2N2S/c13-8-3-4-11(9(14)6-8)17-12-2-1-5-16-10(12)7-15/h1-6H,7,15H2. The maximum atomic E-state index is 13.5. The van der Waals surface area contributed by atoms with Gasteiger partial charge in [-0.1, -0.05) is 11.8 Å². The minimum atomic E-state index is -0.586. The third kappa shape index (κ3) is 2.81. The molecule has 2 rings (SSSR count). The first-order valence-electron chi connectivity index (χ1n) is 4.97. The van der Waals surface area contributed by atoms with E-state index in [2.05, 4.69) is 4.98 Å². The van der Waals surface area contributed by atoms with E-state index >= 15 is 0 Å². The number of halogens is 2. The maximum absolute atomic E-state index is 13.5. The fraction of sp³-hybridized carbons (Fsp3) is 0.0833. The highest BCUT2D eigenvalue weighted by Gasteiger charge is 2.08. The van der Waals surface area contributed by atoms with E-state index in [0.717, 1.165) is 11.0 Å². The summed E-state index contributed by atoms with van der Waals surface area (Å²) in [6.45, 7) is 0.284. The van der Waals surface area contributed by atoms with E-state index in [0.29, 0.717) is 10.6 Å². The van der Waals surface area contributed by atoms with Crippen LogP contribution in [-0.2, 0) is 6.54 Å². The lowest BCUT2D eigenvalue weighted by molar-refractivity contribution is 0.565. The maximum Gasteiger partial charge on any atom is 0.140 e. The lowest BCUT2D eigenvalue weighted by Gasteiger charge is -2.06. The Balaban J connectivity index is 2.31. The average molecular weight is 252 g/mol. The van der Waals surface area contributed by atoms with Crippen LogP contribution in [0.4, 0.5) is 8.78 Å². The Labute approximate surface area is 102 Å². The molecule has 2 N–H and O–H groups in total. The van der Waals surface area contributed by atoms with Crippen molar-refractivity contribution in [3.8, 4) is 0 Å². The molecule has 0 aliphatic rings. The van der Waals surface area contributed by atoms with Crippen LogP contribution in [0.25, 0.3) is 0 Å². The van der Waals surface area contributed by atoms with Gasteiger partial charge < -0.3 is 5.73 Å². The summed E-state index contributed by atoms with van der Waals surface area (Å²) < 4.78 is 26.2. The SMILES string of the molecule is NCc1ncccc1Sc1ccc(F)cc1F. The van der Waals surface area contributed by atoms with Gasteiger partial charge in [0.2, 0.25) is 0 Å². The molecule has 0 unspecified atom stereocenters. The monoisotopic (exact) mass is 252 g/mol.